The Hall–Kier alpha value is -0.570. The van der Waals surface area contributed by atoms with Gasteiger partial charge in [0.05, 0.1) is 6.04 Å². The van der Waals surface area contributed by atoms with Gasteiger partial charge in [-0.15, -0.1) is 0 Å². The van der Waals surface area contributed by atoms with Crippen LogP contribution in [-0.2, 0) is 4.79 Å². The summed E-state index contributed by atoms with van der Waals surface area (Å²) in [5.74, 6) is 0.166. The number of rotatable bonds is 3. The van der Waals surface area contributed by atoms with Crippen LogP contribution in [0.3, 0.4) is 0 Å². The molecule has 0 aromatic heterocycles. The number of nitrogens with zero attached hydrogens (tertiary/aromatic N) is 1. The van der Waals surface area contributed by atoms with E-state index < -0.39 is 0 Å². The van der Waals surface area contributed by atoms with E-state index in [1.54, 1.807) is 0 Å². The van der Waals surface area contributed by atoms with Gasteiger partial charge in [-0.25, -0.2) is 0 Å². The van der Waals surface area contributed by atoms with E-state index in [9.17, 15) is 4.79 Å². The lowest BCUT2D eigenvalue weighted by Gasteiger charge is -2.27. The summed E-state index contributed by atoms with van der Waals surface area (Å²) in [4.78, 5) is 13.9. The van der Waals surface area contributed by atoms with Crippen LogP contribution in [0.15, 0.2) is 0 Å². The molecule has 88 valence electrons. The Kier molecular flexibility index (Phi) is 5.69. The highest BCUT2D eigenvalue weighted by atomic mass is 16.2. The average molecular weight is 212 g/mol. The molecule has 1 heterocycles. The predicted octanol–water partition coefficient (Wildman–Crippen LogP) is 1.91. The summed E-state index contributed by atoms with van der Waals surface area (Å²) in [5, 5.41) is 0. The van der Waals surface area contributed by atoms with Gasteiger partial charge >= 0.3 is 0 Å². The number of hydrogen-bond donors (Lipinski definition) is 1. The Labute approximate surface area is 93.0 Å². The highest BCUT2D eigenvalue weighted by molar-refractivity contribution is 5.81. The lowest BCUT2D eigenvalue weighted by Crippen LogP contribution is -2.44. The van der Waals surface area contributed by atoms with Crippen molar-refractivity contribution in [1.82, 2.24) is 4.90 Å². The Morgan fingerprint density at radius 2 is 1.73 bits per heavy atom. The molecule has 3 heteroatoms. The van der Waals surface area contributed by atoms with Gasteiger partial charge in [0.25, 0.3) is 0 Å². The molecule has 1 rings (SSSR count). The molecule has 1 atom stereocenters. The largest absolute Gasteiger partial charge is 0.341 e. The van der Waals surface area contributed by atoms with Crippen LogP contribution in [0, 0.1) is 0 Å². The van der Waals surface area contributed by atoms with Crippen LogP contribution in [-0.4, -0.2) is 29.9 Å². The number of carbonyl (C=O) groups is 1. The molecule has 2 N–H and O–H groups in total. The summed E-state index contributed by atoms with van der Waals surface area (Å²) in [6.07, 6.45) is 7.92. The van der Waals surface area contributed by atoms with Crippen molar-refractivity contribution in [2.45, 2.75) is 57.9 Å². The first-order valence-corrected chi connectivity index (χ1v) is 6.30. The van der Waals surface area contributed by atoms with Gasteiger partial charge in [-0.05, 0) is 19.3 Å². The summed E-state index contributed by atoms with van der Waals surface area (Å²) in [6.45, 7) is 3.90. The summed E-state index contributed by atoms with van der Waals surface area (Å²) >= 11 is 0. The second-order valence-corrected chi connectivity index (χ2v) is 4.49. The van der Waals surface area contributed by atoms with Gasteiger partial charge in [-0.3, -0.25) is 4.79 Å². The van der Waals surface area contributed by atoms with Crippen molar-refractivity contribution in [1.29, 1.82) is 0 Å². The van der Waals surface area contributed by atoms with Crippen LogP contribution in [0.25, 0.3) is 0 Å². The highest BCUT2D eigenvalue weighted by Crippen LogP contribution is 2.11. The van der Waals surface area contributed by atoms with Crippen molar-refractivity contribution in [3.05, 3.63) is 0 Å². The number of nitrogens with two attached hydrogens (primary N) is 1. The van der Waals surface area contributed by atoms with Gasteiger partial charge in [-0.2, -0.15) is 0 Å². The van der Waals surface area contributed by atoms with E-state index in [0.29, 0.717) is 0 Å². The van der Waals surface area contributed by atoms with Gasteiger partial charge in [-0.1, -0.05) is 32.6 Å². The normalized spacial score (nSPS) is 20.5. The molecule has 0 aliphatic carbocycles. The molecule has 0 aromatic rings. The minimum atomic E-state index is -0.269. The third-order valence-corrected chi connectivity index (χ3v) is 3.08. The summed E-state index contributed by atoms with van der Waals surface area (Å²) in [7, 11) is 0. The minimum Gasteiger partial charge on any atom is -0.341 e. The Balaban J connectivity index is 2.40. The van der Waals surface area contributed by atoms with E-state index in [-0.39, 0.29) is 11.9 Å². The molecule has 3 nitrogen and oxygen atoms in total. The second kappa shape index (κ2) is 6.83. The van der Waals surface area contributed by atoms with Crippen LogP contribution in [0.4, 0.5) is 0 Å². The van der Waals surface area contributed by atoms with Crippen molar-refractivity contribution in [3.63, 3.8) is 0 Å². The second-order valence-electron chi connectivity index (χ2n) is 4.49. The van der Waals surface area contributed by atoms with Crippen molar-refractivity contribution in [3.8, 4) is 0 Å². The van der Waals surface area contributed by atoms with Crippen LogP contribution in [0.5, 0.6) is 0 Å². The summed E-state index contributed by atoms with van der Waals surface area (Å²) in [6, 6.07) is -0.269. The SMILES string of the molecule is CCC[C@H](N)C(=O)N1CCCCCCC1. The molecule has 0 unspecified atom stereocenters. The molecule has 1 fully saturated rings. The van der Waals surface area contributed by atoms with Crippen molar-refractivity contribution in [2.24, 2.45) is 5.73 Å². The standard InChI is InChI=1S/C12H24N2O/c1-2-8-11(13)12(15)14-9-6-4-3-5-7-10-14/h11H,2-10,13H2,1H3/t11-/m0/s1. The molecule has 1 aliphatic heterocycles. The maximum Gasteiger partial charge on any atom is 0.239 e. The Morgan fingerprint density at radius 1 is 1.20 bits per heavy atom. The van der Waals surface area contributed by atoms with E-state index in [2.05, 4.69) is 6.92 Å². The Morgan fingerprint density at radius 3 is 2.27 bits per heavy atom. The number of likely N-dealkylation sites (tertiary alicyclic amines) is 1. The fourth-order valence-corrected chi connectivity index (χ4v) is 2.14. The molecule has 1 saturated heterocycles. The smallest absolute Gasteiger partial charge is 0.239 e. The summed E-state index contributed by atoms with van der Waals surface area (Å²) in [5.41, 5.74) is 5.86. The molecule has 0 saturated carbocycles. The van der Waals surface area contributed by atoms with E-state index in [1.165, 1.54) is 19.3 Å². The maximum atomic E-state index is 12.0. The zero-order valence-corrected chi connectivity index (χ0v) is 9.87. The topological polar surface area (TPSA) is 46.3 Å². The summed E-state index contributed by atoms with van der Waals surface area (Å²) < 4.78 is 0. The molecule has 0 aromatic carbocycles. The quantitative estimate of drug-likeness (QED) is 0.776. The first kappa shape index (κ1) is 12.5. The first-order chi connectivity index (χ1) is 7.25. The van der Waals surface area contributed by atoms with Crippen LogP contribution >= 0.6 is 0 Å². The van der Waals surface area contributed by atoms with Gasteiger partial charge in [0.15, 0.2) is 0 Å². The van der Waals surface area contributed by atoms with E-state index in [0.717, 1.165) is 38.8 Å². The maximum absolute atomic E-state index is 12.0. The highest BCUT2D eigenvalue weighted by Gasteiger charge is 2.20. The molecule has 0 spiro atoms. The fourth-order valence-electron chi connectivity index (χ4n) is 2.14. The third-order valence-electron chi connectivity index (χ3n) is 3.08. The first-order valence-electron chi connectivity index (χ1n) is 6.30. The van der Waals surface area contributed by atoms with Gasteiger partial charge < -0.3 is 10.6 Å². The van der Waals surface area contributed by atoms with Crippen molar-refractivity contribution < 1.29 is 4.79 Å². The van der Waals surface area contributed by atoms with Gasteiger partial charge in [0.2, 0.25) is 5.91 Å². The van der Waals surface area contributed by atoms with E-state index >= 15 is 0 Å². The average Bonchev–Trinajstić information content (AvgIpc) is 2.16. The zero-order chi connectivity index (χ0) is 11.1. The van der Waals surface area contributed by atoms with Crippen LogP contribution < -0.4 is 5.73 Å². The molecular formula is C12H24N2O. The Bertz CT molecular complexity index is 186. The van der Waals surface area contributed by atoms with Crippen LogP contribution in [0.2, 0.25) is 0 Å². The predicted molar refractivity (Wildman–Crippen MR) is 62.5 cm³/mol. The fraction of sp³-hybridized carbons (Fsp3) is 0.917. The monoisotopic (exact) mass is 212 g/mol. The molecule has 0 radical (unpaired) electrons. The molecule has 1 aliphatic rings. The molecule has 15 heavy (non-hydrogen) atoms. The number of carbonyl (C=O) groups excluding carboxylic acids is 1. The van der Waals surface area contributed by atoms with E-state index in [1.807, 2.05) is 4.90 Å². The van der Waals surface area contributed by atoms with Crippen LogP contribution in [0.1, 0.15) is 51.9 Å². The van der Waals surface area contributed by atoms with E-state index in [4.69, 9.17) is 5.73 Å². The third kappa shape index (κ3) is 4.20. The van der Waals surface area contributed by atoms with Gasteiger partial charge in [0.1, 0.15) is 0 Å². The zero-order valence-electron chi connectivity index (χ0n) is 9.87. The molecule has 0 bridgehead atoms. The lowest BCUT2D eigenvalue weighted by molar-refractivity contribution is -0.133. The number of amides is 1. The lowest BCUT2D eigenvalue weighted by atomic mass is 10.1. The minimum absolute atomic E-state index is 0.166. The van der Waals surface area contributed by atoms with Crippen molar-refractivity contribution in [2.75, 3.05) is 13.1 Å². The number of hydrogen-bond acceptors (Lipinski definition) is 2. The van der Waals surface area contributed by atoms with Crippen molar-refractivity contribution >= 4 is 5.91 Å². The molecular weight excluding hydrogens is 188 g/mol. The van der Waals surface area contributed by atoms with Gasteiger partial charge in [0, 0.05) is 13.1 Å². The molecule has 1 amide bonds.